The molecule has 0 aromatic heterocycles. The van der Waals surface area contributed by atoms with Crippen LogP contribution < -0.4 is 4.74 Å². The van der Waals surface area contributed by atoms with Crippen LogP contribution >= 0.6 is 23.2 Å². The predicted octanol–water partition coefficient (Wildman–Crippen LogP) is -0.0413. The molecule has 1 aliphatic rings. The Kier molecular flexibility index (Phi) is 6.27. The molecule has 5 atom stereocenters. The molecule has 1 heterocycles. The van der Waals surface area contributed by atoms with E-state index in [0.29, 0.717) is 0 Å². The molecule has 0 spiro atoms. The van der Waals surface area contributed by atoms with Gasteiger partial charge in [-0.2, -0.15) is 0 Å². The lowest BCUT2D eigenvalue weighted by atomic mass is 9.99. The Morgan fingerprint density at radius 1 is 1.21 bits per heavy atom. The number of esters is 1. The van der Waals surface area contributed by atoms with E-state index in [0.717, 1.165) is 0 Å². The number of carbonyl (C=O) groups is 1. The summed E-state index contributed by atoms with van der Waals surface area (Å²) in [5.74, 6) is -1.07. The molecule has 24 heavy (non-hydrogen) atoms. The number of rotatable bonds is 4. The van der Waals surface area contributed by atoms with Crippen molar-refractivity contribution in [3.8, 4) is 5.75 Å². The van der Waals surface area contributed by atoms with E-state index in [1.54, 1.807) is 0 Å². The van der Waals surface area contributed by atoms with Crippen molar-refractivity contribution < 1.29 is 39.4 Å². The predicted molar refractivity (Wildman–Crippen MR) is 82.2 cm³/mol. The van der Waals surface area contributed by atoms with Crippen molar-refractivity contribution in [2.75, 3.05) is 13.7 Å². The maximum atomic E-state index is 12.4. The fourth-order valence-corrected chi connectivity index (χ4v) is 2.77. The molecule has 0 amide bonds. The van der Waals surface area contributed by atoms with E-state index in [1.165, 1.54) is 19.2 Å². The fraction of sp³-hybridized carbons (Fsp3) is 0.500. The first-order chi connectivity index (χ1) is 11.3. The third-order valence-electron chi connectivity index (χ3n) is 3.55. The highest BCUT2D eigenvalue weighted by Gasteiger charge is 2.46. The van der Waals surface area contributed by atoms with Crippen molar-refractivity contribution in [3.05, 3.63) is 27.7 Å². The highest BCUT2D eigenvalue weighted by Crippen LogP contribution is 2.35. The number of aliphatic hydroxyl groups excluding tert-OH is 4. The maximum absolute atomic E-state index is 12.4. The van der Waals surface area contributed by atoms with Gasteiger partial charge in [-0.05, 0) is 12.1 Å². The zero-order valence-corrected chi connectivity index (χ0v) is 13.9. The lowest BCUT2D eigenvalue weighted by Crippen LogP contribution is -2.59. The Balaban J connectivity index is 2.30. The van der Waals surface area contributed by atoms with Gasteiger partial charge in [0.05, 0.1) is 23.8 Å². The van der Waals surface area contributed by atoms with Crippen LogP contribution in [0.3, 0.4) is 0 Å². The summed E-state index contributed by atoms with van der Waals surface area (Å²) >= 11 is 11.9. The average Bonchev–Trinajstić information content (AvgIpc) is 2.56. The second kappa shape index (κ2) is 7.83. The first kappa shape index (κ1) is 19.2. The van der Waals surface area contributed by atoms with Gasteiger partial charge in [0.1, 0.15) is 23.9 Å². The minimum Gasteiger partial charge on any atom is -0.494 e. The molecule has 0 aliphatic carbocycles. The largest absolute Gasteiger partial charge is 0.494 e. The summed E-state index contributed by atoms with van der Waals surface area (Å²) in [6.45, 7) is -0.653. The van der Waals surface area contributed by atoms with Gasteiger partial charge in [-0.25, -0.2) is 4.79 Å². The van der Waals surface area contributed by atoms with Crippen LogP contribution in [-0.2, 0) is 9.47 Å². The summed E-state index contributed by atoms with van der Waals surface area (Å²) in [4.78, 5) is 12.4. The molecule has 134 valence electrons. The summed E-state index contributed by atoms with van der Waals surface area (Å²) in [6, 6.07) is 2.77. The van der Waals surface area contributed by atoms with Crippen molar-refractivity contribution in [2.45, 2.75) is 30.7 Å². The van der Waals surface area contributed by atoms with Crippen LogP contribution in [0, 0.1) is 0 Å². The molecule has 1 fully saturated rings. The number of ether oxygens (including phenoxy) is 3. The van der Waals surface area contributed by atoms with E-state index in [4.69, 9.17) is 42.5 Å². The van der Waals surface area contributed by atoms with Gasteiger partial charge in [-0.3, -0.25) is 0 Å². The van der Waals surface area contributed by atoms with Crippen LogP contribution in [0.4, 0.5) is 0 Å². The Hall–Kier alpha value is -1.13. The van der Waals surface area contributed by atoms with E-state index in [9.17, 15) is 20.1 Å². The summed E-state index contributed by atoms with van der Waals surface area (Å²) in [7, 11) is 1.28. The summed E-state index contributed by atoms with van der Waals surface area (Å²) in [6.07, 6.45) is -7.84. The van der Waals surface area contributed by atoms with Crippen LogP contribution in [0.5, 0.6) is 5.75 Å². The highest BCUT2D eigenvalue weighted by atomic mass is 35.5. The van der Waals surface area contributed by atoms with Gasteiger partial charge in [0.2, 0.25) is 0 Å². The van der Waals surface area contributed by atoms with Gasteiger partial charge in [0.15, 0.2) is 18.1 Å². The van der Waals surface area contributed by atoms with Gasteiger partial charge >= 0.3 is 5.97 Å². The van der Waals surface area contributed by atoms with Gasteiger partial charge in [-0.15, -0.1) is 0 Å². The van der Waals surface area contributed by atoms with Gasteiger partial charge in [0.25, 0.3) is 0 Å². The minimum atomic E-state index is -1.75. The van der Waals surface area contributed by atoms with Crippen LogP contribution in [0.1, 0.15) is 10.4 Å². The number of methoxy groups -OCH3 is 1. The Morgan fingerprint density at radius 3 is 2.42 bits per heavy atom. The number of aliphatic hydroxyl groups is 4. The second-order valence-electron chi connectivity index (χ2n) is 5.04. The third kappa shape index (κ3) is 3.60. The number of hydrogen-bond acceptors (Lipinski definition) is 8. The molecule has 0 unspecified atom stereocenters. The molecule has 1 saturated heterocycles. The molecule has 1 aromatic rings. The molecule has 8 nitrogen and oxygen atoms in total. The zero-order chi connectivity index (χ0) is 18.0. The van der Waals surface area contributed by atoms with E-state index < -0.39 is 43.3 Å². The molecular formula is C14H16Cl2O8. The molecule has 0 radical (unpaired) electrons. The Bertz CT molecular complexity index is 611. The van der Waals surface area contributed by atoms with Crippen molar-refractivity contribution in [2.24, 2.45) is 0 Å². The number of halogens is 2. The number of benzene rings is 1. The highest BCUT2D eigenvalue weighted by molar-refractivity contribution is 6.37. The lowest BCUT2D eigenvalue weighted by molar-refractivity contribution is -0.285. The topological polar surface area (TPSA) is 126 Å². The monoisotopic (exact) mass is 382 g/mol. The molecule has 1 aromatic carbocycles. The lowest BCUT2D eigenvalue weighted by Gasteiger charge is -2.39. The van der Waals surface area contributed by atoms with Crippen molar-refractivity contribution in [1.29, 1.82) is 0 Å². The van der Waals surface area contributed by atoms with E-state index in [1.807, 2.05) is 0 Å². The first-order valence-corrected chi connectivity index (χ1v) is 7.60. The van der Waals surface area contributed by atoms with Crippen molar-refractivity contribution >= 4 is 29.2 Å². The van der Waals surface area contributed by atoms with Crippen LogP contribution in [0.2, 0.25) is 10.0 Å². The normalized spacial score (nSPS) is 30.0. The maximum Gasteiger partial charge on any atom is 0.343 e. The number of carbonyl (C=O) groups excluding carboxylic acids is 1. The van der Waals surface area contributed by atoms with E-state index >= 15 is 0 Å². The second-order valence-corrected chi connectivity index (χ2v) is 5.85. The van der Waals surface area contributed by atoms with Gasteiger partial charge in [0, 0.05) is 0 Å². The summed E-state index contributed by atoms with van der Waals surface area (Å²) in [5.41, 5.74) is -0.201. The van der Waals surface area contributed by atoms with Gasteiger partial charge in [-0.1, -0.05) is 23.2 Å². The minimum absolute atomic E-state index is 0.0171. The molecule has 0 saturated carbocycles. The molecule has 2 rings (SSSR count). The molecule has 1 aliphatic heterocycles. The summed E-state index contributed by atoms with van der Waals surface area (Å²) in [5, 5.41) is 38.7. The van der Waals surface area contributed by atoms with Crippen molar-refractivity contribution in [1.82, 2.24) is 0 Å². The Labute approximate surface area is 147 Å². The average molecular weight is 383 g/mol. The number of hydrogen-bond donors (Lipinski definition) is 4. The van der Waals surface area contributed by atoms with Crippen LogP contribution in [0.15, 0.2) is 12.1 Å². The molecule has 4 N–H and O–H groups in total. The van der Waals surface area contributed by atoms with Gasteiger partial charge < -0.3 is 34.6 Å². The summed E-state index contributed by atoms with van der Waals surface area (Å²) < 4.78 is 14.9. The standard InChI is InChI=1S/C14H16Cl2O8/c1-22-11-6(16)3-2-5(15)8(11)13(20)24-12-9(18)7(4-17)23-14(21)10(12)19/h2-3,7,9-10,12,14,17-19,21H,4H2,1H3/t7-,9-,10-,12+,14-/m1/s1. The van der Waals surface area contributed by atoms with Crippen LogP contribution in [-0.4, -0.2) is 70.8 Å². The SMILES string of the molecule is COc1c(Cl)ccc(Cl)c1C(=O)O[C@@H]1[C@@H](O)[C@H](O)O[C@H](CO)[C@H]1O. The molecular weight excluding hydrogens is 367 g/mol. The third-order valence-corrected chi connectivity index (χ3v) is 4.16. The smallest absolute Gasteiger partial charge is 0.343 e. The fourth-order valence-electron chi connectivity index (χ4n) is 2.31. The Morgan fingerprint density at radius 2 is 1.83 bits per heavy atom. The van der Waals surface area contributed by atoms with E-state index in [2.05, 4.69) is 0 Å². The molecule has 10 heteroatoms. The zero-order valence-electron chi connectivity index (χ0n) is 12.4. The van der Waals surface area contributed by atoms with Crippen molar-refractivity contribution in [3.63, 3.8) is 0 Å². The molecule has 0 bridgehead atoms. The van der Waals surface area contributed by atoms with E-state index in [-0.39, 0.29) is 21.4 Å². The van der Waals surface area contributed by atoms with Crippen LogP contribution in [0.25, 0.3) is 0 Å². The quantitative estimate of drug-likeness (QED) is 0.534. The first-order valence-electron chi connectivity index (χ1n) is 6.85.